The number of aryl methyl sites for hydroxylation is 1. The summed E-state index contributed by atoms with van der Waals surface area (Å²) in [4.78, 5) is 22.3. The largest absolute Gasteiger partial charge is 1.00 e. The van der Waals surface area contributed by atoms with Crippen LogP contribution in [0.1, 0.15) is 12.0 Å². The fourth-order valence-corrected chi connectivity index (χ4v) is 2.32. The average Bonchev–Trinajstić information content (AvgIpc) is 3.05. The number of rotatable bonds is 3. The van der Waals surface area contributed by atoms with Gasteiger partial charge in [0.2, 0.25) is 5.91 Å². The van der Waals surface area contributed by atoms with Gasteiger partial charge in [-0.05, 0) is 31.0 Å². The predicted octanol–water partition coefficient (Wildman–Crippen LogP) is -1.26. The molecule has 0 saturated heterocycles. The Balaban J connectivity index is 0.00000180. The Morgan fingerprint density at radius 1 is 1.42 bits per heavy atom. The fourth-order valence-electron chi connectivity index (χ4n) is 1.71. The summed E-state index contributed by atoms with van der Waals surface area (Å²) >= 11 is 9.35. The molecular weight excluding hydrogens is 344 g/mol. The fraction of sp³-hybridized carbons (Fsp3) is 0.333. The Bertz CT molecular complexity index is 538. The monoisotopic (exact) mass is 353 g/mol. The first-order valence-electron chi connectivity index (χ1n) is 5.37. The van der Waals surface area contributed by atoms with Crippen molar-refractivity contribution in [2.24, 2.45) is 11.8 Å². The molecule has 1 amide bonds. The van der Waals surface area contributed by atoms with Crippen LogP contribution in [0.5, 0.6) is 0 Å². The van der Waals surface area contributed by atoms with Crippen molar-refractivity contribution >= 4 is 45.1 Å². The number of hydrogen-bond acceptors (Lipinski definition) is 3. The van der Waals surface area contributed by atoms with Gasteiger partial charge in [0.05, 0.1) is 10.7 Å². The third kappa shape index (κ3) is 3.95. The van der Waals surface area contributed by atoms with Crippen LogP contribution in [0.4, 0.5) is 5.69 Å². The van der Waals surface area contributed by atoms with E-state index >= 15 is 0 Å². The molecule has 0 unspecified atom stereocenters. The van der Waals surface area contributed by atoms with E-state index in [1.165, 1.54) is 0 Å². The van der Waals surface area contributed by atoms with Gasteiger partial charge >= 0.3 is 29.6 Å². The zero-order chi connectivity index (χ0) is 13.4. The molecule has 1 aromatic rings. The summed E-state index contributed by atoms with van der Waals surface area (Å²) in [5, 5.41) is 13.6. The van der Waals surface area contributed by atoms with Gasteiger partial charge in [0.1, 0.15) is 0 Å². The van der Waals surface area contributed by atoms with E-state index in [4.69, 9.17) is 11.6 Å². The van der Waals surface area contributed by atoms with Crippen LogP contribution in [-0.2, 0) is 9.59 Å². The summed E-state index contributed by atoms with van der Waals surface area (Å²) in [5.41, 5.74) is 1.43. The standard InChI is InChI=1S/C12H11BrClNO3.Na/c1-5-2-9(14)10(4-8(5)13)15-11(16)6-3-7(6)12(17)18;/h2,4,6-7H,3H2,1H3,(H,15,16)(H,17,18);/q;+1/p-1/t6-,7+;/m1./s1. The number of hydrogen-bond donors (Lipinski definition) is 1. The predicted molar refractivity (Wildman–Crippen MR) is 69.1 cm³/mol. The van der Waals surface area contributed by atoms with Crippen molar-refractivity contribution in [1.82, 2.24) is 0 Å². The molecule has 1 saturated carbocycles. The van der Waals surface area contributed by atoms with Crippen LogP contribution >= 0.6 is 27.5 Å². The molecular formula is C12H10BrClNNaO3. The smallest absolute Gasteiger partial charge is 0.550 e. The van der Waals surface area contributed by atoms with Crippen molar-refractivity contribution in [2.45, 2.75) is 13.3 Å². The minimum absolute atomic E-state index is 0. The number of benzene rings is 1. The van der Waals surface area contributed by atoms with Crippen molar-refractivity contribution in [3.05, 3.63) is 27.2 Å². The number of amides is 1. The van der Waals surface area contributed by atoms with Crippen molar-refractivity contribution in [3.8, 4) is 0 Å². The van der Waals surface area contributed by atoms with Crippen molar-refractivity contribution in [2.75, 3.05) is 5.32 Å². The van der Waals surface area contributed by atoms with E-state index in [2.05, 4.69) is 21.2 Å². The molecule has 96 valence electrons. The van der Waals surface area contributed by atoms with Crippen LogP contribution in [0.2, 0.25) is 5.02 Å². The SMILES string of the molecule is Cc1cc(Cl)c(NC(=O)[C@@H]2C[C@@H]2C(=O)[O-])cc1Br.[Na+]. The van der Waals surface area contributed by atoms with Gasteiger partial charge in [-0.15, -0.1) is 0 Å². The Morgan fingerprint density at radius 2 is 2.05 bits per heavy atom. The number of aliphatic carboxylic acids is 1. The molecule has 7 heteroatoms. The number of carboxylic acid groups (broad SMARTS) is 1. The van der Waals surface area contributed by atoms with Crippen LogP contribution in [0, 0.1) is 18.8 Å². The summed E-state index contributed by atoms with van der Waals surface area (Å²) < 4.78 is 0.828. The number of anilines is 1. The quantitative estimate of drug-likeness (QED) is 0.689. The Morgan fingerprint density at radius 3 is 2.58 bits per heavy atom. The van der Waals surface area contributed by atoms with Crippen LogP contribution in [0.15, 0.2) is 16.6 Å². The van der Waals surface area contributed by atoms with Gasteiger partial charge < -0.3 is 15.2 Å². The summed E-state index contributed by atoms with van der Waals surface area (Å²) in [5.74, 6) is -2.68. The average molecular weight is 355 g/mol. The minimum Gasteiger partial charge on any atom is -0.550 e. The van der Waals surface area contributed by atoms with Crippen LogP contribution in [0.25, 0.3) is 0 Å². The molecule has 2 rings (SSSR count). The number of halogens is 2. The molecule has 1 fully saturated rings. The van der Waals surface area contributed by atoms with E-state index in [-0.39, 0.29) is 35.5 Å². The van der Waals surface area contributed by atoms with E-state index in [1.807, 2.05) is 6.92 Å². The first-order valence-corrected chi connectivity index (χ1v) is 6.54. The van der Waals surface area contributed by atoms with Crippen molar-refractivity contribution in [1.29, 1.82) is 0 Å². The van der Waals surface area contributed by atoms with Gasteiger partial charge in [-0.25, -0.2) is 0 Å². The first-order chi connectivity index (χ1) is 8.40. The maximum Gasteiger partial charge on any atom is 1.00 e. The first kappa shape index (κ1) is 17.0. The van der Waals surface area contributed by atoms with Crippen molar-refractivity contribution < 1.29 is 44.3 Å². The summed E-state index contributed by atoms with van der Waals surface area (Å²) in [6.45, 7) is 1.88. The summed E-state index contributed by atoms with van der Waals surface area (Å²) in [6.07, 6.45) is 0.332. The molecule has 1 aliphatic carbocycles. The molecule has 4 nitrogen and oxygen atoms in total. The second kappa shape index (κ2) is 6.59. The maximum atomic E-state index is 11.8. The number of carbonyl (C=O) groups is 2. The number of carboxylic acids is 1. The van der Waals surface area contributed by atoms with E-state index in [1.54, 1.807) is 12.1 Å². The second-order valence-electron chi connectivity index (χ2n) is 4.34. The Kier molecular flexibility index (Phi) is 5.89. The normalized spacial score (nSPS) is 20.4. The molecule has 1 aliphatic rings. The second-order valence-corrected chi connectivity index (χ2v) is 5.60. The van der Waals surface area contributed by atoms with Gasteiger partial charge in [-0.1, -0.05) is 27.5 Å². The third-order valence-electron chi connectivity index (χ3n) is 2.94. The van der Waals surface area contributed by atoms with Crippen LogP contribution in [-0.4, -0.2) is 11.9 Å². The zero-order valence-corrected chi connectivity index (χ0v) is 14.8. The molecule has 0 bridgehead atoms. The van der Waals surface area contributed by atoms with Crippen molar-refractivity contribution in [3.63, 3.8) is 0 Å². The Hall–Kier alpha value is -0.0700. The molecule has 0 aromatic heterocycles. The molecule has 2 atom stereocenters. The Labute approximate surface area is 146 Å². The molecule has 0 aliphatic heterocycles. The van der Waals surface area contributed by atoms with E-state index < -0.39 is 17.8 Å². The van der Waals surface area contributed by atoms with Crippen LogP contribution < -0.4 is 40.0 Å². The molecule has 0 spiro atoms. The molecule has 0 radical (unpaired) electrons. The van der Waals surface area contributed by atoms with E-state index in [0.717, 1.165) is 10.0 Å². The van der Waals surface area contributed by atoms with E-state index in [9.17, 15) is 14.7 Å². The third-order valence-corrected chi connectivity index (χ3v) is 4.10. The number of nitrogens with one attached hydrogen (secondary N) is 1. The van der Waals surface area contributed by atoms with Gasteiger partial charge in [0.15, 0.2) is 0 Å². The molecule has 19 heavy (non-hydrogen) atoms. The molecule has 1 aromatic carbocycles. The van der Waals surface area contributed by atoms with Gasteiger partial charge in [-0.2, -0.15) is 0 Å². The molecule has 0 heterocycles. The molecule has 1 N–H and O–H groups in total. The maximum absolute atomic E-state index is 11.8. The summed E-state index contributed by atoms with van der Waals surface area (Å²) in [7, 11) is 0. The topological polar surface area (TPSA) is 69.2 Å². The van der Waals surface area contributed by atoms with Crippen LogP contribution in [0.3, 0.4) is 0 Å². The van der Waals surface area contributed by atoms with E-state index in [0.29, 0.717) is 17.1 Å². The zero-order valence-electron chi connectivity index (χ0n) is 10.5. The number of carbonyl (C=O) groups excluding carboxylic acids is 2. The minimum atomic E-state index is -1.17. The van der Waals surface area contributed by atoms with Gasteiger partial charge in [0, 0.05) is 22.3 Å². The summed E-state index contributed by atoms with van der Waals surface area (Å²) in [6, 6.07) is 3.43. The van der Waals surface area contributed by atoms with Gasteiger partial charge in [-0.3, -0.25) is 4.79 Å². The van der Waals surface area contributed by atoms with Gasteiger partial charge in [0.25, 0.3) is 0 Å².